The van der Waals surface area contributed by atoms with Gasteiger partial charge in [-0.25, -0.2) is 0 Å². The van der Waals surface area contributed by atoms with Crippen LogP contribution in [0.1, 0.15) is 18.1 Å². The molecule has 4 heteroatoms. The third kappa shape index (κ3) is 2.38. The second-order valence-corrected chi connectivity index (χ2v) is 3.27. The molecule has 0 heterocycles. The standard InChI is InChI=1S/C10H13ClO3/c1-14-9-4-2-3-7(10(9)11)8(13)5-6-12/h2-4,8,12-13H,5-6H2,1H3. The number of aliphatic hydroxyl groups excluding tert-OH is 2. The number of aliphatic hydroxyl groups is 2. The Labute approximate surface area is 87.9 Å². The Morgan fingerprint density at radius 2 is 2.21 bits per heavy atom. The highest BCUT2D eigenvalue weighted by Gasteiger charge is 2.13. The van der Waals surface area contributed by atoms with Crippen molar-refractivity contribution in [1.82, 2.24) is 0 Å². The average Bonchev–Trinajstić information content (AvgIpc) is 2.18. The fourth-order valence-corrected chi connectivity index (χ4v) is 1.55. The molecular weight excluding hydrogens is 204 g/mol. The molecule has 0 aliphatic carbocycles. The normalized spacial score (nSPS) is 12.6. The van der Waals surface area contributed by atoms with Gasteiger partial charge in [0.2, 0.25) is 0 Å². The molecule has 0 saturated heterocycles. The van der Waals surface area contributed by atoms with Crippen LogP contribution in [-0.2, 0) is 0 Å². The Bertz CT molecular complexity index is 301. The van der Waals surface area contributed by atoms with Gasteiger partial charge in [-0.2, -0.15) is 0 Å². The smallest absolute Gasteiger partial charge is 0.137 e. The Balaban J connectivity index is 2.96. The highest BCUT2D eigenvalue weighted by molar-refractivity contribution is 6.32. The maximum atomic E-state index is 9.62. The Morgan fingerprint density at radius 1 is 1.50 bits per heavy atom. The second-order valence-electron chi connectivity index (χ2n) is 2.89. The summed E-state index contributed by atoms with van der Waals surface area (Å²) in [7, 11) is 1.52. The van der Waals surface area contributed by atoms with Crippen molar-refractivity contribution in [3.63, 3.8) is 0 Å². The van der Waals surface area contributed by atoms with E-state index in [2.05, 4.69) is 0 Å². The zero-order valence-corrected chi connectivity index (χ0v) is 8.66. The molecule has 0 radical (unpaired) electrons. The fourth-order valence-electron chi connectivity index (χ4n) is 1.22. The first-order chi connectivity index (χ1) is 6.70. The van der Waals surface area contributed by atoms with Gasteiger partial charge in [-0.3, -0.25) is 0 Å². The fraction of sp³-hybridized carbons (Fsp3) is 0.400. The van der Waals surface area contributed by atoms with Crippen molar-refractivity contribution in [2.24, 2.45) is 0 Å². The number of benzene rings is 1. The van der Waals surface area contributed by atoms with E-state index >= 15 is 0 Å². The minimum Gasteiger partial charge on any atom is -0.495 e. The van der Waals surface area contributed by atoms with E-state index in [0.29, 0.717) is 16.3 Å². The molecule has 1 aromatic carbocycles. The van der Waals surface area contributed by atoms with E-state index in [0.717, 1.165) is 0 Å². The quantitative estimate of drug-likeness (QED) is 0.807. The monoisotopic (exact) mass is 216 g/mol. The minimum absolute atomic E-state index is 0.0747. The Hall–Kier alpha value is -0.770. The van der Waals surface area contributed by atoms with Gasteiger partial charge < -0.3 is 14.9 Å². The zero-order valence-electron chi connectivity index (χ0n) is 7.90. The molecule has 1 rings (SSSR count). The molecule has 2 N–H and O–H groups in total. The van der Waals surface area contributed by atoms with E-state index in [1.54, 1.807) is 18.2 Å². The largest absolute Gasteiger partial charge is 0.495 e. The molecule has 3 nitrogen and oxygen atoms in total. The first-order valence-corrected chi connectivity index (χ1v) is 4.69. The van der Waals surface area contributed by atoms with Gasteiger partial charge in [0.05, 0.1) is 18.2 Å². The third-order valence-electron chi connectivity index (χ3n) is 1.97. The summed E-state index contributed by atoms with van der Waals surface area (Å²) in [6, 6.07) is 5.18. The van der Waals surface area contributed by atoms with E-state index in [1.807, 2.05) is 0 Å². The van der Waals surface area contributed by atoms with Gasteiger partial charge in [-0.1, -0.05) is 23.7 Å². The lowest BCUT2D eigenvalue weighted by Crippen LogP contribution is -2.01. The van der Waals surface area contributed by atoms with Crippen LogP contribution in [0.25, 0.3) is 0 Å². The van der Waals surface area contributed by atoms with E-state index < -0.39 is 6.10 Å². The SMILES string of the molecule is COc1cccc(C(O)CCO)c1Cl. The summed E-state index contributed by atoms with van der Waals surface area (Å²) in [5.74, 6) is 0.529. The van der Waals surface area contributed by atoms with E-state index in [4.69, 9.17) is 21.4 Å². The van der Waals surface area contributed by atoms with Crippen LogP contribution in [0, 0.1) is 0 Å². The lowest BCUT2D eigenvalue weighted by atomic mass is 10.1. The Kier molecular flexibility index (Phi) is 4.20. The van der Waals surface area contributed by atoms with Gasteiger partial charge in [-0.05, 0) is 6.07 Å². The third-order valence-corrected chi connectivity index (χ3v) is 2.38. The molecule has 0 aliphatic rings. The lowest BCUT2D eigenvalue weighted by Gasteiger charge is -2.13. The molecule has 14 heavy (non-hydrogen) atoms. The van der Waals surface area contributed by atoms with Crippen molar-refractivity contribution in [2.45, 2.75) is 12.5 Å². The summed E-state index contributed by atoms with van der Waals surface area (Å²) in [5.41, 5.74) is 0.583. The molecule has 1 unspecified atom stereocenters. The summed E-state index contributed by atoms with van der Waals surface area (Å²) in [5, 5.41) is 18.7. The Morgan fingerprint density at radius 3 is 2.79 bits per heavy atom. The van der Waals surface area contributed by atoms with E-state index in [9.17, 15) is 5.11 Å². The predicted molar refractivity (Wildman–Crippen MR) is 54.7 cm³/mol. The van der Waals surface area contributed by atoms with E-state index in [1.165, 1.54) is 7.11 Å². The first kappa shape index (κ1) is 11.3. The molecule has 78 valence electrons. The van der Waals surface area contributed by atoms with Crippen LogP contribution in [0.5, 0.6) is 5.75 Å². The number of ether oxygens (including phenoxy) is 1. The zero-order chi connectivity index (χ0) is 10.6. The van der Waals surface area contributed by atoms with Crippen LogP contribution < -0.4 is 4.74 Å². The van der Waals surface area contributed by atoms with Crippen molar-refractivity contribution in [3.05, 3.63) is 28.8 Å². The highest BCUT2D eigenvalue weighted by atomic mass is 35.5. The number of halogens is 1. The maximum absolute atomic E-state index is 9.62. The summed E-state index contributed by atoms with van der Waals surface area (Å²) in [4.78, 5) is 0. The van der Waals surface area contributed by atoms with Crippen molar-refractivity contribution in [2.75, 3.05) is 13.7 Å². The summed E-state index contributed by atoms with van der Waals surface area (Å²) >= 11 is 5.97. The number of hydrogen-bond acceptors (Lipinski definition) is 3. The van der Waals surface area contributed by atoms with Crippen LogP contribution in [0.4, 0.5) is 0 Å². The molecule has 1 aromatic rings. The van der Waals surface area contributed by atoms with Crippen molar-refractivity contribution >= 4 is 11.6 Å². The lowest BCUT2D eigenvalue weighted by molar-refractivity contribution is 0.134. The summed E-state index contributed by atoms with van der Waals surface area (Å²) in [6.07, 6.45) is -0.477. The van der Waals surface area contributed by atoms with Crippen LogP contribution >= 0.6 is 11.6 Å². The van der Waals surface area contributed by atoms with Crippen LogP contribution in [-0.4, -0.2) is 23.9 Å². The molecule has 1 atom stereocenters. The van der Waals surface area contributed by atoms with Crippen LogP contribution in [0.15, 0.2) is 18.2 Å². The highest BCUT2D eigenvalue weighted by Crippen LogP contribution is 2.32. The van der Waals surface area contributed by atoms with Gasteiger partial charge in [-0.15, -0.1) is 0 Å². The molecule has 0 fully saturated rings. The molecule has 0 saturated carbocycles. The molecule has 0 aromatic heterocycles. The van der Waals surface area contributed by atoms with Crippen molar-refractivity contribution in [3.8, 4) is 5.75 Å². The first-order valence-electron chi connectivity index (χ1n) is 4.32. The predicted octanol–water partition coefficient (Wildman–Crippen LogP) is 1.76. The number of rotatable bonds is 4. The van der Waals surface area contributed by atoms with E-state index in [-0.39, 0.29) is 13.0 Å². The molecular formula is C10H13ClO3. The average molecular weight is 217 g/mol. The van der Waals surface area contributed by atoms with Gasteiger partial charge in [0.25, 0.3) is 0 Å². The number of hydrogen-bond donors (Lipinski definition) is 2. The van der Waals surface area contributed by atoms with Gasteiger partial charge in [0, 0.05) is 18.6 Å². The summed E-state index contributed by atoms with van der Waals surface area (Å²) in [6.45, 7) is -0.0747. The minimum atomic E-state index is -0.748. The second kappa shape index (κ2) is 5.20. The number of methoxy groups -OCH3 is 1. The summed E-state index contributed by atoms with van der Waals surface area (Å²) < 4.78 is 5.01. The van der Waals surface area contributed by atoms with Crippen molar-refractivity contribution < 1.29 is 14.9 Å². The van der Waals surface area contributed by atoms with Crippen LogP contribution in [0.3, 0.4) is 0 Å². The topological polar surface area (TPSA) is 49.7 Å². The maximum Gasteiger partial charge on any atom is 0.137 e. The van der Waals surface area contributed by atoms with Crippen molar-refractivity contribution in [1.29, 1.82) is 0 Å². The van der Waals surface area contributed by atoms with Gasteiger partial charge in [0.15, 0.2) is 0 Å². The molecule has 0 amide bonds. The molecule has 0 bridgehead atoms. The van der Waals surface area contributed by atoms with Crippen LogP contribution in [0.2, 0.25) is 5.02 Å². The molecule has 0 spiro atoms. The van der Waals surface area contributed by atoms with Gasteiger partial charge >= 0.3 is 0 Å². The van der Waals surface area contributed by atoms with Gasteiger partial charge in [0.1, 0.15) is 5.75 Å². The molecule has 0 aliphatic heterocycles.